The summed E-state index contributed by atoms with van der Waals surface area (Å²) in [4.78, 5) is 10.5. The van der Waals surface area contributed by atoms with Gasteiger partial charge in [0.2, 0.25) is 0 Å². The van der Waals surface area contributed by atoms with Crippen LogP contribution in [0.15, 0.2) is 54.6 Å². The molecular weight excluding hydrogens is 284 g/mol. The lowest BCUT2D eigenvalue weighted by molar-refractivity contribution is -0.137. The molecule has 0 aromatic heterocycles. The van der Waals surface area contributed by atoms with E-state index < -0.39 is 5.97 Å². The molecule has 0 aliphatic carbocycles. The number of benzene rings is 3. The van der Waals surface area contributed by atoms with Gasteiger partial charge in [-0.1, -0.05) is 61.4 Å². The molecule has 0 saturated carbocycles. The maximum atomic E-state index is 10.5. The van der Waals surface area contributed by atoms with Crippen LogP contribution in [0.3, 0.4) is 0 Å². The number of carboxylic acid groups (broad SMARTS) is 1. The highest BCUT2D eigenvalue weighted by Gasteiger charge is 2.07. The van der Waals surface area contributed by atoms with E-state index in [0.717, 1.165) is 32.1 Å². The van der Waals surface area contributed by atoms with E-state index in [1.807, 2.05) is 0 Å². The van der Waals surface area contributed by atoms with E-state index >= 15 is 0 Å². The van der Waals surface area contributed by atoms with Gasteiger partial charge in [0.05, 0.1) is 0 Å². The van der Waals surface area contributed by atoms with Crippen LogP contribution < -0.4 is 0 Å². The van der Waals surface area contributed by atoms with Gasteiger partial charge in [-0.05, 0) is 52.4 Å². The van der Waals surface area contributed by atoms with E-state index in [0.29, 0.717) is 0 Å². The topological polar surface area (TPSA) is 37.3 Å². The Morgan fingerprint density at radius 3 is 1.96 bits per heavy atom. The van der Waals surface area contributed by atoms with E-state index in [4.69, 9.17) is 5.11 Å². The summed E-state index contributed by atoms with van der Waals surface area (Å²) in [6, 6.07) is 19.4. The second-order valence-electron chi connectivity index (χ2n) is 6.11. The van der Waals surface area contributed by atoms with Crippen LogP contribution in [0.4, 0.5) is 0 Å². The predicted octanol–water partition coefficient (Wildman–Crippen LogP) is 5.57. The first-order valence-corrected chi connectivity index (χ1v) is 8.37. The highest BCUT2D eigenvalue weighted by Crippen LogP contribution is 2.29. The smallest absolute Gasteiger partial charge is 0.303 e. The zero-order valence-corrected chi connectivity index (χ0v) is 13.3. The van der Waals surface area contributed by atoms with Crippen molar-refractivity contribution < 1.29 is 9.90 Å². The Labute approximate surface area is 136 Å². The Morgan fingerprint density at radius 2 is 1.35 bits per heavy atom. The van der Waals surface area contributed by atoms with Crippen LogP contribution in [0.25, 0.3) is 21.5 Å². The highest BCUT2D eigenvalue weighted by atomic mass is 16.4. The van der Waals surface area contributed by atoms with E-state index in [1.165, 1.54) is 27.1 Å². The third kappa shape index (κ3) is 3.70. The van der Waals surface area contributed by atoms with Crippen LogP contribution in [-0.4, -0.2) is 11.1 Å². The van der Waals surface area contributed by atoms with Crippen molar-refractivity contribution in [2.75, 3.05) is 0 Å². The van der Waals surface area contributed by atoms with Crippen LogP contribution in [-0.2, 0) is 11.2 Å². The minimum absolute atomic E-state index is 0.289. The minimum Gasteiger partial charge on any atom is -0.481 e. The van der Waals surface area contributed by atoms with Gasteiger partial charge in [0.1, 0.15) is 0 Å². The standard InChI is InChI=1S/C21H22O2/c22-21(23)14-4-2-1-3-13-20-18-11-7-5-9-16(18)15-17-10-6-8-12-19(17)20/h5-12,15H,1-4,13-14H2,(H,22,23). The number of carboxylic acids is 1. The number of unbranched alkanes of at least 4 members (excludes halogenated alkanes) is 3. The first kappa shape index (κ1) is 15.5. The van der Waals surface area contributed by atoms with Gasteiger partial charge < -0.3 is 5.11 Å². The summed E-state index contributed by atoms with van der Waals surface area (Å²) in [5, 5.41) is 14.0. The maximum absolute atomic E-state index is 10.5. The molecule has 3 aromatic rings. The Balaban J connectivity index is 1.79. The molecule has 0 amide bonds. The van der Waals surface area contributed by atoms with Crippen molar-refractivity contribution in [3.05, 3.63) is 60.2 Å². The summed E-state index contributed by atoms with van der Waals surface area (Å²) in [6.45, 7) is 0. The number of aryl methyl sites for hydroxylation is 1. The summed E-state index contributed by atoms with van der Waals surface area (Å²) >= 11 is 0. The first-order valence-electron chi connectivity index (χ1n) is 8.37. The highest BCUT2D eigenvalue weighted by molar-refractivity contribution is 6.02. The predicted molar refractivity (Wildman–Crippen MR) is 95.9 cm³/mol. The molecule has 0 unspecified atom stereocenters. The molecule has 0 aliphatic rings. The molecule has 23 heavy (non-hydrogen) atoms. The second kappa shape index (κ2) is 7.28. The summed E-state index contributed by atoms with van der Waals surface area (Å²) in [5.41, 5.74) is 1.43. The van der Waals surface area contributed by atoms with Crippen molar-refractivity contribution in [1.29, 1.82) is 0 Å². The molecule has 2 nitrogen and oxygen atoms in total. The molecule has 0 radical (unpaired) electrons. The summed E-state index contributed by atoms with van der Waals surface area (Å²) in [6.07, 6.45) is 5.31. The van der Waals surface area contributed by atoms with Gasteiger partial charge in [-0.25, -0.2) is 0 Å². The van der Waals surface area contributed by atoms with Crippen LogP contribution in [0.2, 0.25) is 0 Å². The number of fused-ring (bicyclic) bond motifs is 2. The van der Waals surface area contributed by atoms with Crippen molar-refractivity contribution in [3.63, 3.8) is 0 Å². The van der Waals surface area contributed by atoms with Gasteiger partial charge in [-0.15, -0.1) is 0 Å². The fraction of sp³-hybridized carbons (Fsp3) is 0.286. The van der Waals surface area contributed by atoms with Crippen molar-refractivity contribution in [2.45, 2.75) is 38.5 Å². The van der Waals surface area contributed by atoms with Crippen molar-refractivity contribution in [2.24, 2.45) is 0 Å². The fourth-order valence-electron chi connectivity index (χ4n) is 3.31. The molecule has 0 spiro atoms. The molecule has 3 aromatic carbocycles. The molecule has 0 heterocycles. The van der Waals surface area contributed by atoms with E-state index in [2.05, 4.69) is 54.6 Å². The first-order chi connectivity index (χ1) is 11.3. The fourth-order valence-corrected chi connectivity index (χ4v) is 3.31. The minimum atomic E-state index is -0.690. The lowest BCUT2D eigenvalue weighted by atomic mass is 9.93. The number of rotatable bonds is 7. The summed E-state index contributed by atoms with van der Waals surface area (Å²) in [7, 11) is 0. The quantitative estimate of drug-likeness (QED) is 0.457. The molecule has 0 fully saturated rings. The normalized spacial score (nSPS) is 11.1. The van der Waals surface area contributed by atoms with Crippen LogP contribution in [0, 0.1) is 0 Å². The maximum Gasteiger partial charge on any atom is 0.303 e. The van der Waals surface area contributed by atoms with Crippen LogP contribution in [0.1, 0.15) is 37.7 Å². The molecule has 3 rings (SSSR count). The zero-order chi connectivity index (χ0) is 16.1. The SMILES string of the molecule is O=C(O)CCCCCCc1c2ccccc2cc2ccccc12. The second-order valence-corrected chi connectivity index (χ2v) is 6.11. The van der Waals surface area contributed by atoms with Crippen molar-refractivity contribution in [3.8, 4) is 0 Å². The molecule has 0 aliphatic heterocycles. The molecule has 2 heteroatoms. The number of carbonyl (C=O) groups is 1. The van der Waals surface area contributed by atoms with E-state index in [1.54, 1.807) is 0 Å². The summed E-state index contributed by atoms with van der Waals surface area (Å²) in [5.74, 6) is -0.690. The van der Waals surface area contributed by atoms with Gasteiger partial charge in [0, 0.05) is 6.42 Å². The van der Waals surface area contributed by atoms with Gasteiger partial charge in [-0.2, -0.15) is 0 Å². The van der Waals surface area contributed by atoms with Crippen molar-refractivity contribution in [1.82, 2.24) is 0 Å². The Morgan fingerprint density at radius 1 is 0.783 bits per heavy atom. The average Bonchev–Trinajstić information content (AvgIpc) is 2.56. The van der Waals surface area contributed by atoms with Gasteiger partial charge in [-0.3, -0.25) is 4.79 Å². The number of hydrogen-bond acceptors (Lipinski definition) is 1. The van der Waals surface area contributed by atoms with Crippen LogP contribution >= 0.6 is 0 Å². The molecule has 1 N–H and O–H groups in total. The molecule has 0 bridgehead atoms. The number of hydrogen-bond donors (Lipinski definition) is 1. The van der Waals surface area contributed by atoms with Gasteiger partial charge in [0.15, 0.2) is 0 Å². The molecule has 0 atom stereocenters. The third-order valence-corrected chi connectivity index (χ3v) is 4.45. The van der Waals surface area contributed by atoms with Crippen LogP contribution in [0.5, 0.6) is 0 Å². The monoisotopic (exact) mass is 306 g/mol. The van der Waals surface area contributed by atoms with Gasteiger partial charge >= 0.3 is 5.97 Å². The molecular formula is C21H22O2. The van der Waals surface area contributed by atoms with Gasteiger partial charge in [0.25, 0.3) is 0 Å². The lowest BCUT2D eigenvalue weighted by Gasteiger charge is -2.11. The zero-order valence-electron chi connectivity index (χ0n) is 13.3. The molecule has 118 valence electrons. The molecule has 0 saturated heterocycles. The van der Waals surface area contributed by atoms with E-state index in [-0.39, 0.29) is 6.42 Å². The number of aliphatic carboxylic acids is 1. The largest absolute Gasteiger partial charge is 0.481 e. The Kier molecular flexibility index (Phi) is 4.92. The summed E-state index contributed by atoms with van der Waals surface area (Å²) < 4.78 is 0. The van der Waals surface area contributed by atoms with E-state index in [9.17, 15) is 4.79 Å². The lowest BCUT2D eigenvalue weighted by Crippen LogP contribution is -1.94. The average molecular weight is 306 g/mol. The Bertz CT molecular complexity index is 766. The Hall–Kier alpha value is -2.35. The third-order valence-electron chi connectivity index (χ3n) is 4.45. The van der Waals surface area contributed by atoms with Crippen molar-refractivity contribution >= 4 is 27.5 Å².